The zero-order chi connectivity index (χ0) is 39.9. The van der Waals surface area contributed by atoms with Gasteiger partial charge in [0, 0.05) is 32.4 Å². The van der Waals surface area contributed by atoms with E-state index in [0.29, 0.717) is 19.3 Å². The van der Waals surface area contributed by atoms with Gasteiger partial charge < -0.3 is 19.1 Å². The fourth-order valence-corrected chi connectivity index (χ4v) is 7.13. The van der Waals surface area contributed by atoms with Crippen LogP contribution in [0.4, 0.5) is 0 Å². The van der Waals surface area contributed by atoms with Crippen LogP contribution in [-0.2, 0) is 28.6 Å². The third-order valence-corrected chi connectivity index (χ3v) is 10.7. The molecule has 0 radical (unpaired) electrons. The highest BCUT2D eigenvalue weighted by atomic mass is 16.6. The molecule has 55 heavy (non-hydrogen) atoms. The summed E-state index contributed by atoms with van der Waals surface area (Å²) in [7, 11) is 0. The fraction of sp³-hybridized carbons (Fsp3) is 0.854. The van der Waals surface area contributed by atoms with Gasteiger partial charge in [0.25, 0.3) is 0 Å². The minimum absolute atomic E-state index is 0.0843. The van der Waals surface area contributed by atoms with Crippen molar-refractivity contribution in [2.75, 3.05) is 39.5 Å². The Kier molecular flexibility index (Phi) is 35.8. The van der Waals surface area contributed by atoms with Crippen molar-refractivity contribution in [2.24, 2.45) is 11.8 Å². The lowest BCUT2D eigenvalue weighted by Gasteiger charge is -2.37. The van der Waals surface area contributed by atoms with E-state index in [9.17, 15) is 14.4 Å². The van der Waals surface area contributed by atoms with Crippen LogP contribution in [0, 0.1) is 11.8 Å². The van der Waals surface area contributed by atoms with Crippen LogP contribution in [0.25, 0.3) is 0 Å². The molecule has 1 heterocycles. The predicted molar refractivity (Wildman–Crippen MR) is 230 cm³/mol. The molecule has 0 spiro atoms. The lowest BCUT2D eigenvalue weighted by molar-refractivity contribution is -0.153. The fourth-order valence-electron chi connectivity index (χ4n) is 7.13. The lowest BCUT2D eigenvalue weighted by atomic mass is 10.0. The van der Waals surface area contributed by atoms with Crippen LogP contribution in [0.3, 0.4) is 0 Å². The van der Waals surface area contributed by atoms with E-state index in [-0.39, 0.29) is 43.6 Å². The van der Waals surface area contributed by atoms with Gasteiger partial charge in [-0.2, -0.15) is 0 Å². The normalized spacial score (nSPS) is 13.6. The van der Waals surface area contributed by atoms with Crippen LogP contribution in [0.15, 0.2) is 24.3 Å². The summed E-state index contributed by atoms with van der Waals surface area (Å²) < 4.78 is 16.7. The van der Waals surface area contributed by atoms with E-state index < -0.39 is 0 Å². The maximum atomic E-state index is 12.5. The maximum absolute atomic E-state index is 12.5. The van der Waals surface area contributed by atoms with Gasteiger partial charge in [0.1, 0.15) is 19.8 Å². The molecule has 0 unspecified atom stereocenters. The first kappa shape index (κ1) is 50.9. The van der Waals surface area contributed by atoms with Crippen molar-refractivity contribution in [1.29, 1.82) is 0 Å². The molecule has 7 nitrogen and oxygen atoms in total. The Morgan fingerprint density at radius 1 is 0.473 bits per heavy atom. The molecule has 7 heteroatoms. The number of nitrogens with zero attached hydrogens (tertiary/aromatic N) is 1. The van der Waals surface area contributed by atoms with Gasteiger partial charge in [0.15, 0.2) is 0 Å². The molecule has 0 N–H and O–H groups in total. The Morgan fingerprint density at radius 3 is 1.13 bits per heavy atom. The zero-order valence-electron chi connectivity index (χ0n) is 36.3. The Bertz CT molecular complexity index is 902. The second-order valence-corrected chi connectivity index (χ2v) is 16.6. The molecule has 0 amide bonds. The monoisotopic (exact) mass is 774 g/mol. The second kappa shape index (κ2) is 38.7. The first-order valence-corrected chi connectivity index (χ1v) is 23.4. The van der Waals surface area contributed by atoms with E-state index in [2.05, 4.69) is 50.0 Å². The minimum atomic E-state index is -0.365. The average molecular weight is 774 g/mol. The van der Waals surface area contributed by atoms with E-state index in [1.165, 1.54) is 116 Å². The molecule has 1 aliphatic rings. The van der Waals surface area contributed by atoms with Gasteiger partial charge in [-0.25, -0.2) is 0 Å². The standard InChI is InChI=1S/C48H87NO6/c1-4-6-8-10-12-14-16-18-20-22-24-26-28-30-32-35-46(50)53-41-45(43-55-48(52)37-34-38-49-39-44(3)40-49)42-54-47(51)36-33-31-29-27-25-23-21-19-17-15-13-11-9-7-5-2/h18-21,44-45H,4-17,22-43H2,1-3H3/b20-18-,21-19-. The zero-order valence-corrected chi connectivity index (χ0v) is 36.3. The molecule has 0 atom stereocenters. The van der Waals surface area contributed by atoms with Gasteiger partial charge in [-0.1, -0.05) is 148 Å². The molecular formula is C48H87NO6. The molecule has 0 bridgehead atoms. The number of esters is 3. The van der Waals surface area contributed by atoms with Gasteiger partial charge in [-0.3, -0.25) is 14.4 Å². The second-order valence-electron chi connectivity index (χ2n) is 16.6. The number of hydrogen-bond donors (Lipinski definition) is 0. The molecule has 1 saturated heterocycles. The van der Waals surface area contributed by atoms with Crippen LogP contribution in [-0.4, -0.2) is 62.3 Å². The number of carbonyl (C=O) groups excluding carboxylic acids is 3. The summed E-state index contributed by atoms with van der Waals surface area (Å²) in [5.74, 6) is -0.351. The van der Waals surface area contributed by atoms with Crippen LogP contribution >= 0.6 is 0 Å². The molecule has 1 aliphatic heterocycles. The predicted octanol–water partition coefficient (Wildman–Crippen LogP) is 13.0. The number of rotatable bonds is 40. The molecular weight excluding hydrogens is 687 g/mol. The van der Waals surface area contributed by atoms with Crippen molar-refractivity contribution < 1.29 is 28.6 Å². The van der Waals surface area contributed by atoms with Gasteiger partial charge in [-0.05, 0) is 83.1 Å². The van der Waals surface area contributed by atoms with Crippen LogP contribution < -0.4 is 0 Å². The number of ether oxygens (including phenoxy) is 3. The Hall–Kier alpha value is -2.15. The number of allylic oxidation sites excluding steroid dienone is 4. The quantitative estimate of drug-likeness (QED) is 0.0265. The highest BCUT2D eigenvalue weighted by molar-refractivity contribution is 5.70. The summed E-state index contributed by atoms with van der Waals surface area (Å²) >= 11 is 0. The molecule has 0 aliphatic carbocycles. The summed E-state index contributed by atoms with van der Waals surface area (Å²) in [6, 6.07) is 0. The first-order valence-electron chi connectivity index (χ1n) is 23.4. The molecule has 320 valence electrons. The Labute approximate surface area is 339 Å². The molecule has 1 rings (SSSR count). The van der Waals surface area contributed by atoms with Gasteiger partial charge in [-0.15, -0.1) is 0 Å². The van der Waals surface area contributed by atoms with Crippen LogP contribution in [0.2, 0.25) is 0 Å². The van der Waals surface area contributed by atoms with Crippen molar-refractivity contribution >= 4 is 17.9 Å². The summed E-state index contributed by atoms with van der Waals surface area (Å²) in [5.41, 5.74) is 0. The summed E-state index contributed by atoms with van der Waals surface area (Å²) in [4.78, 5) is 39.9. The highest BCUT2D eigenvalue weighted by Gasteiger charge is 2.22. The van der Waals surface area contributed by atoms with E-state index in [0.717, 1.165) is 83.3 Å². The van der Waals surface area contributed by atoms with E-state index in [4.69, 9.17) is 14.2 Å². The number of hydrogen-bond acceptors (Lipinski definition) is 7. The molecule has 0 saturated carbocycles. The van der Waals surface area contributed by atoms with Crippen LogP contribution in [0.5, 0.6) is 0 Å². The van der Waals surface area contributed by atoms with Crippen LogP contribution in [0.1, 0.15) is 213 Å². The molecule has 0 aromatic heterocycles. The smallest absolute Gasteiger partial charge is 0.305 e. The number of unbranched alkanes of at least 4 members (excludes halogenated alkanes) is 22. The minimum Gasteiger partial charge on any atom is -0.465 e. The topological polar surface area (TPSA) is 82.1 Å². The maximum Gasteiger partial charge on any atom is 0.305 e. The lowest BCUT2D eigenvalue weighted by Crippen LogP contribution is -2.45. The number of likely N-dealkylation sites (tertiary alicyclic amines) is 1. The average Bonchev–Trinajstić information content (AvgIpc) is 3.16. The van der Waals surface area contributed by atoms with Crippen molar-refractivity contribution in [1.82, 2.24) is 4.90 Å². The Morgan fingerprint density at radius 2 is 0.782 bits per heavy atom. The van der Waals surface area contributed by atoms with E-state index in [1.807, 2.05) is 0 Å². The van der Waals surface area contributed by atoms with Gasteiger partial charge in [0.05, 0.1) is 5.92 Å². The van der Waals surface area contributed by atoms with E-state index in [1.54, 1.807) is 0 Å². The summed E-state index contributed by atoms with van der Waals surface area (Å²) in [5, 5.41) is 0. The van der Waals surface area contributed by atoms with E-state index >= 15 is 0 Å². The molecule has 1 fully saturated rings. The van der Waals surface area contributed by atoms with Crippen molar-refractivity contribution in [3.8, 4) is 0 Å². The number of carbonyl (C=O) groups is 3. The van der Waals surface area contributed by atoms with Crippen molar-refractivity contribution in [3.63, 3.8) is 0 Å². The highest BCUT2D eigenvalue weighted by Crippen LogP contribution is 2.16. The largest absolute Gasteiger partial charge is 0.465 e. The van der Waals surface area contributed by atoms with Crippen molar-refractivity contribution in [3.05, 3.63) is 24.3 Å². The first-order chi connectivity index (χ1) is 26.9. The van der Waals surface area contributed by atoms with Gasteiger partial charge >= 0.3 is 17.9 Å². The Balaban J connectivity index is 2.21. The van der Waals surface area contributed by atoms with Crippen molar-refractivity contribution in [2.45, 2.75) is 213 Å². The summed E-state index contributed by atoms with van der Waals surface area (Å²) in [6.45, 7) is 10.1. The summed E-state index contributed by atoms with van der Waals surface area (Å²) in [6.07, 6.45) is 42.8. The molecule has 0 aromatic carbocycles. The third-order valence-electron chi connectivity index (χ3n) is 10.7. The SMILES string of the molecule is CCCCCCCC/C=C\CCCCCCCC(=O)OCC(COC(=O)CCCCCCC/C=C\CCCCCCCC)COC(=O)CCCN1CC(C)C1. The third kappa shape index (κ3) is 34.8. The van der Waals surface area contributed by atoms with Gasteiger partial charge in [0.2, 0.25) is 0 Å². The molecule has 0 aromatic rings.